The first-order valence-electron chi connectivity index (χ1n) is 5.90. The first kappa shape index (κ1) is 13.4. The standard InChI is InChI=1S/C11H21N3OS/c1-4-10-13-11(16-14-10)12-7-5-6-8-15-9(2)3/h9H,4-8H2,1-3H3,(H,12,13,14). The Kier molecular flexibility index (Phi) is 6.33. The number of rotatable bonds is 8. The summed E-state index contributed by atoms with van der Waals surface area (Å²) in [6, 6.07) is 0. The highest BCUT2D eigenvalue weighted by Crippen LogP contribution is 2.11. The maximum absolute atomic E-state index is 5.46. The van der Waals surface area contributed by atoms with Gasteiger partial charge in [0.15, 0.2) is 0 Å². The molecule has 0 radical (unpaired) electrons. The van der Waals surface area contributed by atoms with Gasteiger partial charge in [-0.1, -0.05) is 6.92 Å². The summed E-state index contributed by atoms with van der Waals surface area (Å²) in [5, 5.41) is 4.21. The second-order valence-electron chi connectivity index (χ2n) is 3.92. The van der Waals surface area contributed by atoms with Crippen molar-refractivity contribution in [2.24, 2.45) is 0 Å². The van der Waals surface area contributed by atoms with Crippen molar-refractivity contribution in [1.29, 1.82) is 0 Å². The van der Waals surface area contributed by atoms with Gasteiger partial charge in [0.2, 0.25) is 5.13 Å². The fraction of sp³-hybridized carbons (Fsp3) is 0.818. The van der Waals surface area contributed by atoms with E-state index in [0.29, 0.717) is 6.10 Å². The van der Waals surface area contributed by atoms with Crippen LogP contribution in [0.3, 0.4) is 0 Å². The minimum absolute atomic E-state index is 0.336. The van der Waals surface area contributed by atoms with E-state index < -0.39 is 0 Å². The average molecular weight is 243 g/mol. The minimum Gasteiger partial charge on any atom is -0.379 e. The summed E-state index contributed by atoms with van der Waals surface area (Å²) in [5.41, 5.74) is 0. The second kappa shape index (κ2) is 7.57. The van der Waals surface area contributed by atoms with Crippen LogP contribution in [-0.2, 0) is 11.2 Å². The van der Waals surface area contributed by atoms with Gasteiger partial charge < -0.3 is 10.1 Å². The van der Waals surface area contributed by atoms with E-state index in [2.05, 4.69) is 35.4 Å². The molecule has 0 saturated carbocycles. The molecule has 0 spiro atoms. The normalized spacial score (nSPS) is 11.0. The van der Waals surface area contributed by atoms with Crippen LogP contribution in [0.2, 0.25) is 0 Å². The molecular weight excluding hydrogens is 222 g/mol. The Hall–Kier alpha value is -0.680. The van der Waals surface area contributed by atoms with E-state index in [9.17, 15) is 0 Å². The van der Waals surface area contributed by atoms with Crippen molar-refractivity contribution in [3.05, 3.63) is 5.82 Å². The number of unbranched alkanes of at least 4 members (excludes halogenated alkanes) is 1. The van der Waals surface area contributed by atoms with Crippen molar-refractivity contribution in [1.82, 2.24) is 9.36 Å². The van der Waals surface area contributed by atoms with Gasteiger partial charge in [0.05, 0.1) is 6.10 Å². The number of aromatic nitrogens is 2. The predicted octanol–water partition coefficient (Wildman–Crippen LogP) is 2.72. The fourth-order valence-electron chi connectivity index (χ4n) is 1.21. The van der Waals surface area contributed by atoms with Crippen molar-refractivity contribution in [3.8, 4) is 0 Å². The maximum atomic E-state index is 5.46. The van der Waals surface area contributed by atoms with Gasteiger partial charge in [0.25, 0.3) is 0 Å². The summed E-state index contributed by atoms with van der Waals surface area (Å²) in [4.78, 5) is 4.34. The first-order chi connectivity index (χ1) is 7.72. The molecule has 1 N–H and O–H groups in total. The first-order valence-corrected chi connectivity index (χ1v) is 6.67. The Morgan fingerprint density at radius 1 is 1.38 bits per heavy atom. The SMILES string of the molecule is CCc1nsc(NCCCCOC(C)C)n1. The van der Waals surface area contributed by atoms with Gasteiger partial charge >= 0.3 is 0 Å². The molecule has 0 aromatic carbocycles. The molecule has 0 saturated heterocycles. The van der Waals surface area contributed by atoms with Crippen molar-refractivity contribution in [2.75, 3.05) is 18.5 Å². The topological polar surface area (TPSA) is 47.0 Å². The van der Waals surface area contributed by atoms with Crippen LogP contribution in [0.15, 0.2) is 0 Å². The van der Waals surface area contributed by atoms with Crippen molar-refractivity contribution >= 4 is 16.7 Å². The highest BCUT2D eigenvalue weighted by molar-refractivity contribution is 7.09. The Labute approximate surface area is 102 Å². The summed E-state index contributed by atoms with van der Waals surface area (Å²) in [5.74, 6) is 0.927. The van der Waals surface area contributed by atoms with E-state index in [1.807, 2.05) is 0 Å². The number of nitrogens with one attached hydrogen (secondary N) is 1. The van der Waals surface area contributed by atoms with Gasteiger partial charge in [0, 0.05) is 31.1 Å². The number of hydrogen-bond donors (Lipinski definition) is 1. The van der Waals surface area contributed by atoms with Crippen molar-refractivity contribution < 1.29 is 4.74 Å². The summed E-state index contributed by atoms with van der Waals surface area (Å²) in [7, 11) is 0. The Morgan fingerprint density at radius 3 is 2.81 bits per heavy atom. The summed E-state index contributed by atoms with van der Waals surface area (Å²) >= 11 is 1.44. The van der Waals surface area contributed by atoms with E-state index in [-0.39, 0.29) is 0 Å². The van der Waals surface area contributed by atoms with Gasteiger partial charge in [-0.05, 0) is 26.7 Å². The molecule has 0 aliphatic carbocycles. The monoisotopic (exact) mass is 243 g/mol. The lowest BCUT2D eigenvalue weighted by atomic mass is 10.3. The predicted molar refractivity (Wildman–Crippen MR) is 68.1 cm³/mol. The third-order valence-electron chi connectivity index (χ3n) is 2.08. The molecule has 1 aromatic heterocycles. The molecule has 0 fully saturated rings. The molecule has 1 aromatic rings. The van der Waals surface area contributed by atoms with Crippen LogP contribution < -0.4 is 5.32 Å². The van der Waals surface area contributed by atoms with Crippen LogP contribution in [-0.4, -0.2) is 28.6 Å². The lowest BCUT2D eigenvalue weighted by Gasteiger charge is -2.06. The number of hydrogen-bond acceptors (Lipinski definition) is 5. The van der Waals surface area contributed by atoms with Crippen molar-refractivity contribution in [2.45, 2.75) is 46.1 Å². The number of nitrogens with zero attached hydrogens (tertiary/aromatic N) is 2. The van der Waals surface area contributed by atoms with Crippen LogP contribution in [0.4, 0.5) is 5.13 Å². The number of anilines is 1. The number of aryl methyl sites for hydroxylation is 1. The highest BCUT2D eigenvalue weighted by Gasteiger charge is 2.00. The van der Waals surface area contributed by atoms with Gasteiger partial charge in [-0.3, -0.25) is 0 Å². The van der Waals surface area contributed by atoms with E-state index in [1.54, 1.807) is 0 Å². The molecular formula is C11H21N3OS. The Balaban J connectivity index is 2.02. The molecule has 0 atom stereocenters. The zero-order valence-electron chi connectivity index (χ0n) is 10.3. The van der Waals surface area contributed by atoms with Crippen LogP contribution in [0.25, 0.3) is 0 Å². The molecule has 1 rings (SSSR count). The summed E-state index contributed by atoms with van der Waals surface area (Å²) < 4.78 is 9.68. The second-order valence-corrected chi connectivity index (χ2v) is 4.67. The number of ether oxygens (including phenoxy) is 1. The lowest BCUT2D eigenvalue weighted by Crippen LogP contribution is -2.06. The quantitative estimate of drug-likeness (QED) is 0.713. The van der Waals surface area contributed by atoms with E-state index >= 15 is 0 Å². The highest BCUT2D eigenvalue weighted by atomic mass is 32.1. The van der Waals surface area contributed by atoms with Crippen molar-refractivity contribution in [3.63, 3.8) is 0 Å². The van der Waals surface area contributed by atoms with Crippen LogP contribution >= 0.6 is 11.5 Å². The van der Waals surface area contributed by atoms with Gasteiger partial charge in [-0.15, -0.1) is 0 Å². The Bertz CT molecular complexity index is 289. The molecule has 4 nitrogen and oxygen atoms in total. The van der Waals surface area contributed by atoms with Gasteiger partial charge in [-0.2, -0.15) is 4.37 Å². The molecule has 0 aliphatic rings. The largest absolute Gasteiger partial charge is 0.379 e. The van der Waals surface area contributed by atoms with Gasteiger partial charge in [0.1, 0.15) is 5.82 Å². The smallest absolute Gasteiger partial charge is 0.202 e. The zero-order chi connectivity index (χ0) is 11.8. The minimum atomic E-state index is 0.336. The Morgan fingerprint density at radius 2 is 2.19 bits per heavy atom. The van der Waals surface area contributed by atoms with Crippen LogP contribution in [0.5, 0.6) is 0 Å². The van der Waals surface area contributed by atoms with Gasteiger partial charge in [-0.25, -0.2) is 4.98 Å². The molecule has 0 amide bonds. The van der Waals surface area contributed by atoms with E-state index in [4.69, 9.17) is 4.74 Å². The molecule has 5 heteroatoms. The molecule has 0 aliphatic heterocycles. The summed E-state index contributed by atoms with van der Waals surface area (Å²) in [6.07, 6.45) is 3.43. The zero-order valence-corrected chi connectivity index (χ0v) is 11.1. The fourth-order valence-corrected chi connectivity index (χ4v) is 1.89. The summed E-state index contributed by atoms with van der Waals surface area (Å²) in [6.45, 7) is 7.97. The van der Waals surface area contributed by atoms with Crippen LogP contribution in [0, 0.1) is 0 Å². The average Bonchev–Trinajstić information content (AvgIpc) is 2.70. The van der Waals surface area contributed by atoms with E-state index in [1.165, 1.54) is 11.5 Å². The molecule has 0 unspecified atom stereocenters. The van der Waals surface area contributed by atoms with E-state index in [0.717, 1.165) is 43.4 Å². The third kappa shape index (κ3) is 5.42. The lowest BCUT2D eigenvalue weighted by molar-refractivity contribution is 0.0765. The molecule has 92 valence electrons. The third-order valence-corrected chi connectivity index (χ3v) is 2.79. The molecule has 1 heterocycles. The molecule has 0 bridgehead atoms. The molecule has 16 heavy (non-hydrogen) atoms. The maximum Gasteiger partial charge on any atom is 0.202 e. The van der Waals surface area contributed by atoms with Crippen LogP contribution in [0.1, 0.15) is 39.4 Å².